The lowest BCUT2D eigenvalue weighted by Gasteiger charge is -2.08. The molecule has 4 nitrogen and oxygen atoms in total. The molecule has 1 heterocycles. The predicted molar refractivity (Wildman–Crippen MR) is 62.8 cm³/mol. The summed E-state index contributed by atoms with van der Waals surface area (Å²) in [5.74, 6) is -0.312. The van der Waals surface area contributed by atoms with Crippen molar-refractivity contribution in [3.63, 3.8) is 0 Å². The van der Waals surface area contributed by atoms with E-state index in [0.29, 0.717) is 11.3 Å². The molecule has 0 fully saturated rings. The van der Waals surface area contributed by atoms with Gasteiger partial charge in [0.05, 0.1) is 5.69 Å². The second kappa shape index (κ2) is 4.47. The van der Waals surface area contributed by atoms with Crippen molar-refractivity contribution in [1.29, 1.82) is 0 Å². The summed E-state index contributed by atoms with van der Waals surface area (Å²) < 4.78 is 14.1. The molecule has 17 heavy (non-hydrogen) atoms. The van der Waals surface area contributed by atoms with Crippen molar-refractivity contribution in [2.45, 2.75) is 6.54 Å². The average molecular weight is 233 g/mol. The van der Waals surface area contributed by atoms with Crippen LogP contribution in [0.15, 0.2) is 35.1 Å². The molecule has 0 atom stereocenters. The SMILES string of the molecule is Cn1nc(-c2ccc(F)cc2)c(CN)cc1=O. The minimum absolute atomic E-state index is 0.212. The minimum Gasteiger partial charge on any atom is -0.326 e. The Hall–Kier alpha value is -2.01. The first-order valence-electron chi connectivity index (χ1n) is 5.15. The molecule has 0 unspecified atom stereocenters. The van der Waals surface area contributed by atoms with Gasteiger partial charge in [0.1, 0.15) is 5.82 Å². The number of halogens is 1. The molecule has 2 rings (SSSR count). The summed E-state index contributed by atoms with van der Waals surface area (Å²) in [5.41, 5.74) is 7.36. The molecule has 0 saturated heterocycles. The Morgan fingerprint density at radius 1 is 1.35 bits per heavy atom. The number of nitrogens with two attached hydrogens (primary N) is 1. The smallest absolute Gasteiger partial charge is 0.266 e. The van der Waals surface area contributed by atoms with E-state index >= 15 is 0 Å². The van der Waals surface area contributed by atoms with E-state index in [9.17, 15) is 9.18 Å². The molecular formula is C12H12FN3O. The number of hydrogen-bond donors (Lipinski definition) is 1. The zero-order valence-corrected chi connectivity index (χ0v) is 9.35. The van der Waals surface area contributed by atoms with Crippen molar-refractivity contribution in [2.75, 3.05) is 0 Å². The molecule has 0 amide bonds. The van der Waals surface area contributed by atoms with E-state index in [1.54, 1.807) is 19.2 Å². The Kier molecular flexibility index (Phi) is 3.01. The third-order valence-corrected chi connectivity index (χ3v) is 2.51. The maximum absolute atomic E-state index is 12.8. The van der Waals surface area contributed by atoms with Gasteiger partial charge in [-0.3, -0.25) is 4.79 Å². The Morgan fingerprint density at radius 2 is 2.00 bits per heavy atom. The van der Waals surface area contributed by atoms with Crippen molar-refractivity contribution < 1.29 is 4.39 Å². The normalized spacial score (nSPS) is 10.5. The van der Waals surface area contributed by atoms with E-state index in [0.717, 1.165) is 5.56 Å². The number of aryl methyl sites for hydroxylation is 1. The van der Waals surface area contributed by atoms with Gasteiger partial charge in [-0.25, -0.2) is 9.07 Å². The summed E-state index contributed by atoms with van der Waals surface area (Å²) in [6.07, 6.45) is 0. The van der Waals surface area contributed by atoms with Crippen molar-refractivity contribution in [1.82, 2.24) is 9.78 Å². The van der Waals surface area contributed by atoms with Crippen molar-refractivity contribution in [3.8, 4) is 11.3 Å². The average Bonchev–Trinajstić information content (AvgIpc) is 2.33. The van der Waals surface area contributed by atoms with Gasteiger partial charge in [0.2, 0.25) is 0 Å². The van der Waals surface area contributed by atoms with Gasteiger partial charge in [-0.05, 0) is 29.8 Å². The fourth-order valence-electron chi connectivity index (χ4n) is 1.58. The van der Waals surface area contributed by atoms with Gasteiger partial charge in [-0.1, -0.05) is 0 Å². The van der Waals surface area contributed by atoms with Crippen LogP contribution >= 0.6 is 0 Å². The van der Waals surface area contributed by atoms with E-state index in [1.165, 1.54) is 22.9 Å². The topological polar surface area (TPSA) is 60.9 Å². The molecule has 2 aromatic rings. The Bertz CT molecular complexity index is 590. The number of rotatable bonds is 2. The highest BCUT2D eigenvalue weighted by atomic mass is 19.1. The fraction of sp³-hybridized carbons (Fsp3) is 0.167. The van der Waals surface area contributed by atoms with Crippen LogP contribution in [0.3, 0.4) is 0 Å². The molecule has 0 radical (unpaired) electrons. The predicted octanol–water partition coefficient (Wildman–Crippen LogP) is 1.05. The van der Waals surface area contributed by atoms with Crippen LogP contribution in [0.1, 0.15) is 5.56 Å². The third-order valence-electron chi connectivity index (χ3n) is 2.51. The lowest BCUT2D eigenvalue weighted by Crippen LogP contribution is -2.21. The van der Waals surface area contributed by atoms with Crippen molar-refractivity contribution in [2.24, 2.45) is 12.8 Å². The van der Waals surface area contributed by atoms with Crippen LogP contribution in [-0.4, -0.2) is 9.78 Å². The first-order chi connectivity index (χ1) is 8.11. The van der Waals surface area contributed by atoms with Crippen LogP contribution in [0, 0.1) is 5.82 Å². The van der Waals surface area contributed by atoms with Crippen LogP contribution in [0.25, 0.3) is 11.3 Å². The summed E-state index contributed by atoms with van der Waals surface area (Å²) in [6, 6.07) is 7.37. The van der Waals surface area contributed by atoms with Gasteiger partial charge < -0.3 is 5.73 Å². The maximum Gasteiger partial charge on any atom is 0.266 e. The van der Waals surface area contributed by atoms with Gasteiger partial charge in [0, 0.05) is 25.2 Å². The molecule has 1 aromatic heterocycles. The van der Waals surface area contributed by atoms with Gasteiger partial charge in [0.25, 0.3) is 5.56 Å². The molecule has 1 aromatic carbocycles. The quantitative estimate of drug-likeness (QED) is 0.843. The molecule has 2 N–H and O–H groups in total. The van der Waals surface area contributed by atoms with E-state index in [1.807, 2.05) is 0 Å². The van der Waals surface area contributed by atoms with Crippen LogP contribution in [-0.2, 0) is 13.6 Å². The summed E-state index contributed by atoms with van der Waals surface area (Å²) in [6.45, 7) is 0.218. The molecule has 88 valence electrons. The van der Waals surface area contributed by atoms with Gasteiger partial charge in [-0.15, -0.1) is 0 Å². The first-order valence-corrected chi connectivity index (χ1v) is 5.15. The fourth-order valence-corrected chi connectivity index (χ4v) is 1.58. The zero-order chi connectivity index (χ0) is 12.4. The van der Waals surface area contributed by atoms with Crippen molar-refractivity contribution in [3.05, 3.63) is 52.1 Å². The first kappa shape index (κ1) is 11.5. The summed E-state index contributed by atoms with van der Waals surface area (Å²) in [5, 5.41) is 4.15. The Balaban J connectivity index is 2.61. The minimum atomic E-state index is -0.312. The molecule has 5 heteroatoms. The molecule has 0 aliphatic heterocycles. The highest BCUT2D eigenvalue weighted by molar-refractivity contribution is 5.62. The molecular weight excluding hydrogens is 221 g/mol. The monoisotopic (exact) mass is 233 g/mol. The lowest BCUT2D eigenvalue weighted by atomic mass is 10.1. The summed E-state index contributed by atoms with van der Waals surface area (Å²) in [7, 11) is 1.57. The van der Waals surface area contributed by atoms with Gasteiger partial charge in [0.15, 0.2) is 0 Å². The molecule has 0 aliphatic rings. The van der Waals surface area contributed by atoms with E-state index in [4.69, 9.17) is 5.73 Å². The van der Waals surface area contributed by atoms with E-state index < -0.39 is 0 Å². The zero-order valence-electron chi connectivity index (χ0n) is 9.35. The number of benzene rings is 1. The highest BCUT2D eigenvalue weighted by Crippen LogP contribution is 2.19. The van der Waals surface area contributed by atoms with Gasteiger partial charge >= 0.3 is 0 Å². The third kappa shape index (κ3) is 2.24. The van der Waals surface area contributed by atoms with Crippen LogP contribution in [0.2, 0.25) is 0 Å². The second-order valence-corrected chi connectivity index (χ2v) is 3.69. The largest absolute Gasteiger partial charge is 0.326 e. The van der Waals surface area contributed by atoms with Crippen molar-refractivity contribution >= 4 is 0 Å². The van der Waals surface area contributed by atoms with E-state index in [2.05, 4.69) is 5.10 Å². The van der Waals surface area contributed by atoms with Gasteiger partial charge in [-0.2, -0.15) is 5.10 Å². The number of nitrogens with zero attached hydrogens (tertiary/aromatic N) is 2. The van der Waals surface area contributed by atoms with Crippen LogP contribution < -0.4 is 11.3 Å². The summed E-state index contributed by atoms with van der Waals surface area (Å²) >= 11 is 0. The Morgan fingerprint density at radius 3 is 2.59 bits per heavy atom. The standard InChI is InChI=1S/C12H12FN3O/c1-16-11(17)6-9(7-14)12(15-16)8-2-4-10(13)5-3-8/h2-6H,7,14H2,1H3. The highest BCUT2D eigenvalue weighted by Gasteiger charge is 2.08. The molecule has 0 saturated carbocycles. The number of hydrogen-bond acceptors (Lipinski definition) is 3. The lowest BCUT2D eigenvalue weighted by molar-refractivity contribution is 0.628. The second-order valence-electron chi connectivity index (χ2n) is 3.69. The van der Waals surface area contributed by atoms with Crippen LogP contribution in [0.5, 0.6) is 0 Å². The molecule has 0 spiro atoms. The van der Waals surface area contributed by atoms with E-state index in [-0.39, 0.29) is 17.9 Å². The summed E-state index contributed by atoms with van der Waals surface area (Å²) in [4.78, 5) is 11.4. The molecule has 0 bridgehead atoms. The van der Waals surface area contributed by atoms with Crippen LogP contribution in [0.4, 0.5) is 4.39 Å². The number of aromatic nitrogens is 2. The maximum atomic E-state index is 12.8. The molecule has 0 aliphatic carbocycles. The Labute approximate surface area is 97.5 Å².